The van der Waals surface area contributed by atoms with E-state index in [2.05, 4.69) is 31.0 Å². The highest BCUT2D eigenvalue weighted by Gasteiger charge is 2.04. The Balaban J connectivity index is 2.17. The zero-order chi connectivity index (χ0) is 19.0. The molecule has 0 atom stereocenters. The summed E-state index contributed by atoms with van der Waals surface area (Å²) in [6.07, 6.45) is 6.67. The highest BCUT2D eigenvalue weighted by molar-refractivity contribution is 5.84. The van der Waals surface area contributed by atoms with Crippen molar-refractivity contribution in [2.45, 2.75) is 59.3 Å². The lowest BCUT2D eigenvalue weighted by atomic mass is 10.1. The number of nitrogens with one attached hydrogen (secondary N) is 1. The van der Waals surface area contributed by atoms with Crippen LogP contribution in [0.2, 0.25) is 0 Å². The van der Waals surface area contributed by atoms with Crippen molar-refractivity contribution in [1.29, 1.82) is 0 Å². The Morgan fingerprint density at radius 1 is 0.923 bits per heavy atom. The van der Waals surface area contributed by atoms with Crippen LogP contribution in [0.3, 0.4) is 0 Å². The molecule has 0 spiro atoms. The quantitative estimate of drug-likeness (QED) is 0.454. The summed E-state index contributed by atoms with van der Waals surface area (Å²) in [5.41, 5.74) is 0.717. The highest BCUT2D eigenvalue weighted by Crippen LogP contribution is 2.16. The second-order valence-electron chi connectivity index (χ2n) is 6.43. The van der Waals surface area contributed by atoms with Gasteiger partial charge in [-0.2, -0.15) is 0 Å². The summed E-state index contributed by atoms with van der Waals surface area (Å²) in [5.74, 6) is 0.808. The number of likely N-dealkylation sites (N-methyl/N-ethyl adjacent to an activating group) is 1. The van der Waals surface area contributed by atoms with E-state index in [1.165, 1.54) is 25.7 Å². The molecule has 0 saturated carbocycles. The molecule has 1 N–H and O–H groups in total. The molecule has 148 valence electrons. The van der Waals surface area contributed by atoms with Crippen LogP contribution in [0.4, 0.5) is 10.5 Å². The van der Waals surface area contributed by atoms with Gasteiger partial charge in [0.15, 0.2) is 0 Å². The number of hydrogen-bond donors (Lipinski definition) is 1. The molecular weight excluding hydrogens is 328 g/mol. The van der Waals surface area contributed by atoms with E-state index in [4.69, 9.17) is 9.47 Å². The molecule has 1 amide bonds. The van der Waals surface area contributed by atoms with E-state index in [9.17, 15) is 4.79 Å². The van der Waals surface area contributed by atoms with E-state index in [0.717, 1.165) is 38.2 Å². The van der Waals surface area contributed by atoms with Gasteiger partial charge in [0, 0.05) is 12.2 Å². The molecule has 1 aromatic carbocycles. The molecule has 0 heterocycles. The summed E-state index contributed by atoms with van der Waals surface area (Å²) in [4.78, 5) is 14.1. The van der Waals surface area contributed by atoms with Crippen molar-refractivity contribution in [3.63, 3.8) is 0 Å². The fraction of sp³-hybridized carbons (Fsp3) is 0.667. The number of amides is 1. The van der Waals surface area contributed by atoms with Gasteiger partial charge in [0.2, 0.25) is 0 Å². The lowest BCUT2D eigenvalue weighted by molar-refractivity contribution is 0.159. The smallest absolute Gasteiger partial charge is 0.411 e. The Hall–Kier alpha value is -1.75. The van der Waals surface area contributed by atoms with Crippen molar-refractivity contribution in [2.75, 3.05) is 38.2 Å². The van der Waals surface area contributed by atoms with Gasteiger partial charge in [-0.15, -0.1) is 0 Å². The molecule has 5 heteroatoms. The minimum absolute atomic E-state index is 0.395. The molecule has 1 rings (SSSR count). The van der Waals surface area contributed by atoms with E-state index in [1.807, 2.05) is 24.3 Å². The van der Waals surface area contributed by atoms with E-state index >= 15 is 0 Å². The number of unbranched alkanes of at least 4 members (excludes halogenated alkanes) is 5. The first-order chi connectivity index (χ1) is 12.7. The summed E-state index contributed by atoms with van der Waals surface area (Å²) in [5, 5.41) is 2.75. The predicted molar refractivity (Wildman–Crippen MR) is 108 cm³/mol. The number of carbonyl (C=O) groups excluding carboxylic acids is 1. The van der Waals surface area contributed by atoms with Crippen LogP contribution in [0.15, 0.2) is 24.3 Å². The molecule has 0 aliphatic heterocycles. The molecule has 0 saturated heterocycles. The predicted octanol–water partition coefficient (Wildman–Crippen LogP) is 5.32. The fourth-order valence-electron chi connectivity index (χ4n) is 2.67. The first-order valence-electron chi connectivity index (χ1n) is 10.1. The molecule has 0 aliphatic rings. The Bertz CT molecular complexity index is 473. The molecule has 1 aromatic rings. The Morgan fingerprint density at radius 3 is 2.23 bits per heavy atom. The molecular formula is C21H36N2O3. The lowest BCUT2D eigenvalue weighted by Gasteiger charge is -2.18. The number of rotatable bonds is 14. The average molecular weight is 365 g/mol. The van der Waals surface area contributed by atoms with Crippen LogP contribution in [-0.4, -0.2) is 43.8 Å². The van der Waals surface area contributed by atoms with Crippen molar-refractivity contribution in [1.82, 2.24) is 4.90 Å². The Kier molecular flexibility index (Phi) is 12.4. The summed E-state index contributed by atoms with van der Waals surface area (Å²) < 4.78 is 10.9. The minimum Gasteiger partial charge on any atom is -0.492 e. The van der Waals surface area contributed by atoms with Gasteiger partial charge in [0.25, 0.3) is 0 Å². The molecule has 5 nitrogen and oxygen atoms in total. The van der Waals surface area contributed by atoms with E-state index in [1.54, 1.807) is 0 Å². The van der Waals surface area contributed by atoms with Gasteiger partial charge in [-0.25, -0.2) is 4.79 Å². The zero-order valence-corrected chi connectivity index (χ0v) is 16.8. The van der Waals surface area contributed by atoms with Crippen LogP contribution < -0.4 is 10.1 Å². The number of hydrogen-bond acceptors (Lipinski definition) is 4. The molecule has 0 aliphatic carbocycles. The largest absolute Gasteiger partial charge is 0.492 e. The molecule has 26 heavy (non-hydrogen) atoms. The van der Waals surface area contributed by atoms with Crippen molar-refractivity contribution in [2.24, 2.45) is 0 Å². The summed E-state index contributed by atoms with van der Waals surface area (Å²) in [6, 6.07) is 7.40. The Labute approximate surface area is 159 Å². The van der Waals surface area contributed by atoms with Gasteiger partial charge in [-0.1, -0.05) is 52.9 Å². The summed E-state index contributed by atoms with van der Waals surface area (Å²) in [7, 11) is 0. The first kappa shape index (κ1) is 22.3. The van der Waals surface area contributed by atoms with Crippen LogP contribution in [-0.2, 0) is 4.74 Å². The SMILES string of the molecule is CCCCCCCCOC(=O)Nc1ccc(OCCN(CC)CC)cc1. The average Bonchev–Trinajstić information content (AvgIpc) is 2.66. The van der Waals surface area contributed by atoms with Gasteiger partial charge in [-0.05, 0) is 43.8 Å². The third-order valence-electron chi connectivity index (χ3n) is 4.40. The normalized spacial score (nSPS) is 10.8. The van der Waals surface area contributed by atoms with E-state index < -0.39 is 6.09 Å². The van der Waals surface area contributed by atoms with Crippen LogP contribution in [0, 0.1) is 0 Å². The van der Waals surface area contributed by atoms with Gasteiger partial charge in [-0.3, -0.25) is 5.32 Å². The van der Waals surface area contributed by atoms with Crippen molar-refractivity contribution in [3.8, 4) is 5.75 Å². The fourth-order valence-corrected chi connectivity index (χ4v) is 2.67. The van der Waals surface area contributed by atoms with Gasteiger partial charge in [0.1, 0.15) is 12.4 Å². The van der Waals surface area contributed by atoms with Gasteiger partial charge >= 0.3 is 6.09 Å². The second kappa shape index (κ2) is 14.4. The minimum atomic E-state index is -0.395. The monoisotopic (exact) mass is 364 g/mol. The van der Waals surface area contributed by atoms with Crippen LogP contribution in [0.5, 0.6) is 5.75 Å². The van der Waals surface area contributed by atoms with Crippen LogP contribution in [0.1, 0.15) is 59.3 Å². The number of anilines is 1. The first-order valence-corrected chi connectivity index (χ1v) is 10.1. The number of ether oxygens (including phenoxy) is 2. The highest BCUT2D eigenvalue weighted by atomic mass is 16.5. The standard InChI is InChI=1S/C21H36N2O3/c1-4-7-8-9-10-11-17-26-21(24)22-19-12-14-20(15-13-19)25-18-16-23(5-2)6-3/h12-15H,4-11,16-18H2,1-3H3,(H,22,24). The van der Waals surface area contributed by atoms with Gasteiger partial charge < -0.3 is 14.4 Å². The molecule has 0 unspecified atom stereocenters. The topological polar surface area (TPSA) is 50.8 Å². The number of carbonyl (C=O) groups is 1. The van der Waals surface area contributed by atoms with Crippen molar-refractivity contribution >= 4 is 11.8 Å². The summed E-state index contributed by atoms with van der Waals surface area (Å²) in [6.45, 7) is 10.6. The molecule has 0 radical (unpaired) electrons. The maximum Gasteiger partial charge on any atom is 0.411 e. The summed E-state index contributed by atoms with van der Waals surface area (Å²) >= 11 is 0. The molecule has 0 bridgehead atoms. The molecule has 0 fully saturated rings. The van der Waals surface area contributed by atoms with Crippen molar-refractivity contribution in [3.05, 3.63) is 24.3 Å². The van der Waals surface area contributed by atoms with Crippen LogP contribution in [0.25, 0.3) is 0 Å². The molecule has 0 aromatic heterocycles. The second-order valence-corrected chi connectivity index (χ2v) is 6.43. The third kappa shape index (κ3) is 10.3. The Morgan fingerprint density at radius 2 is 1.58 bits per heavy atom. The third-order valence-corrected chi connectivity index (χ3v) is 4.40. The lowest BCUT2D eigenvalue weighted by Crippen LogP contribution is -2.27. The maximum absolute atomic E-state index is 11.8. The van der Waals surface area contributed by atoms with E-state index in [0.29, 0.717) is 18.9 Å². The number of benzene rings is 1. The zero-order valence-electron chi connectivity index (χ0n) is 16.8. The van der Waals surface area contributed by atoms with E-state index in [-0.39, 0.29) is 0 Å². The van der Waals surface area contributed by atoms with Crippen molar-refractivity contribution < 1.29 is 14.3 Å². The maximum atomic E-state index is 11.8. The van der Waals surface area contributed by atoms with Gasteiger partial charge in [0.05, 0.1) is 6.61 Å². The number of nitrogens with zero attached hydrogens (tertiary/aromatic N) is 1. The van der Waals surface area contributed by atoms with Crippen LogP contribution >= 0.6 is 0 Å².